The van der Waals surface area contributed by atoms with Crippen LogP contribution in [0.2, 0.25) is 0 Å². The first-order chi connectivity index (χ1) is 16.6. The minimum absolute atomic E-state index is 0.126. The number of rotatable bonds is 2. The minimum Gasteiger partial charge on any atom is -0.258 e. The molecule has 0 spiro atoms. The molecule has 0 N–H and O–H groups in total. The van der Waals surface area contributed by atoms with Crippen LogP contribution in [-0.2, 0) is 0 Å². The van der Waals surface area contributed by atoms with E-state index >= 15 is 0 Å². The first-order valence-corrected chi connectivity index (χ1v) is 11.4. The molecule has 34 heavy (non-hydrogen) atoms. The second kappa shape index (κ2) is 6.75. The molecule has 0 aliphatic heterocycles. The van der Waals surface area contributed by atoms with E-state index in [0.717, 1.165) is 37.7 Å². The van der Waals surface area contributed by atoms with Crippen LogP contribution >= 0.6 is 0 Å². The topological polar surface area (TPSA) is 43.1 Å². The predicted octanol–water partition coefficient (Wildman–Crippen LogP) is 8.77. The van der Waals surface area contributed by atoms with Crippen LogP contribution in [0.1, 0.15) is 5.56 Å². The van der Waals surface area contributed by atoms with Gasteiger partial charge in [-0.25, -0.2) is 0 Å². The Bertz CT molecular complexity index is 1830. The first kappa shape index (κ1) is 19.0. The number of hydrogen-bond acceptors (Lipinski definition) is 2. The van der Waals surface area contributed by atoms with Gasteiger partial charge in [0.1, 0.15) is 0 Å². The molecule has 0 unspecified atom stereocenters. The van der Waals surface area contributed by atoms with E-state index in [2.05, 4.69) is 67.6 Å². The highest BCUT2D eigenvalue weighted by atomic mass is 16.6. The van der Waals surface area contributed by atoms with Gasteiger partial charge in [-0.05, 0) is 84.0 Å². The van der Waals surface area contributed by atoms with Gasteiger partial charge in [-0.2, -0.15) is 0 Å². The fourth-order valence-corrected chi connectivity index (χ4v) is 5.58. The lowest BCUT2D eigenvalue weighted by Crippen LogP contribution is -1.94. The van der Waals surface area contributed by atoms with Crippen LogP contribution in [0.3, 0.4) is 0 Å². The lowest BCUT2D eigenvalue weighted by molar-refractivity contribution is -0.384. The van der Waals surface area contributed by atoms with Gasteiger partial charge in [-0.15, -0.1) is 0 Å². The highest BCUT2D eigenvalue weighted by Gasteiger charge is 2.21. The van der Waals surface area contributed by atoms with Crippen molar-refractivity contribution in [1.29, 1.82) is 0 Å². The van der Waals surface area contributed by atoms with Crippen molar-refractivity contribution in [2.45, 2.75) is 6.92 Å². The Morgan fingerprint density at radius 3 is 1.35 bits per heavy atom. The molecule has 0 bridgehead atoms. The van der Waals surface area contributed by atoms with Gasteiger partial charge in [-0.3, -0.25) is 10.1 Å². The van der Waals surface area contributed by atoms with Crippen molar-refractivity contribution < 1.29 is 4.92 Å². The summed E-state index contributed by atoms with van der Waals surface area (Å²) in [6.07, 6.45) is 0. The minimum atomic E-state index is -0.284. The maximum Gasteiger partial charge on any atom is 0.270 e. The van der Waals surface area contributed by atoms with Gasteiger partial charge in [0.25, 0.3) is 5.69 Å². The van der Waals surface area contributed by atoms with E-state index in [0.29, 0.717) is 0 Å². The molecule has 0 heterocycles. The van der Waals surface area contributed by atoms with Gasteiger partial charge >= 0.3 is 0 Å². The Hall–Kier alpha value is -4.50. The van der Waals surface area contributed by atoms with Crippen LogP contribution in [0, 0.1) is 17.0 Å². The van der Waals surface area contributed by atoms with Crippen molar-refractivity contribution in [1.82, 2.24) is 0 Å². The highest BCUT2D eigenvalue weighted by Crippen LogP contribution is 2.47. The molecule has 3 heteroatoms. The Morgan fingerprint density at radius 2 is 0.941 bits per heavy atom. The van der Waals surface area contributed by atoms with Crippen molar-refractivity contribution in [3.8, 4) is 11.1 Å². The lowest BCUT2D eigenvalue weighted by atomic mass is 9.84. The number of aryl methyl sites for hydroxylation is 1. The molecule has 0 saturated heterocycles. The molecule has 0 amide bonds. The lowest BCUT2D eigenvalue weighted by Gasteiger charge is -2.19. The van der Waals surface area contributed by atoms with E-state index in [1.807, 2.05) is 24.3 Å². The Labute approximate surface area is 195 Å². The molecular weight excluding hydrogens is 418 g/mol. The zero-order chi connectivity index (χ0) is 23.0. The van der Waals surface area contributed by atoms with Gasteiger partial charge in [0.15, 0.2) is 0 Å². The molecule has 0 aliphatic rings. The molecule has 160 valence electrons. The molecule has 7 aromatic carbocycles. The SMILES string of the molecule is Cc1ccc(-c2cc3c4ccccc4c4cc([N+](=O)[O-])cc5c6ccccc6c(c2)c3c45)cc1. The molecule has 3 nitrogen and oxygen atoms in total. The zero-order valence-corrected chi connectivity index (χ0v) is 18.5. The average molecular weight is 437 g/mol. The number of hydrogen-bond donors (Lipinski definition) is 0. The third-order valence-corrected chi connectivity index (χ3v) is 7.12. The van der Waals surface area contributed by atoms with Gasteiger partial charge in [0.05, 0.1) is 4.92 Å². The summed E-state index contributed by atoms with van der Waals surface area (Å²) in [5.41, 5.74) is 3.72. The van der Waals surface area contributed by atoms with Crippen LogP contribution < -0.4 is 0 Å². The van der Waals surface area contributed by atoms with E-state index in [4.69, 9.17) is 0 Å². The Balaban J connectivity index is 1.81. The van der Waals surface area contributed by atoms with Gasteiger partial charge < -0.3 is 0 Å². The predicted molar refractivity (Wildman–Crippen MR) is 142 cm³/mol. The maximum atomic E-state index is 11.9. The smallest absolute Gasteiger partial charge is 0.258 e. The van der Waals surface area contributed by atoms with Gasteiger partial charge in [-0.1, -0.05) is 78.4 Å². The van der Waals surface area contributed by atoms with Crippen LogP contribution in [0.5, 0.6) is 0 Å². The zero-order valence-electron chi connectivity index (χ0n) is 18.5. The summed E-state index contributed by atoms with van der Waals surface area (Å²) in [7, 11) is 0. The third-order valence-electron chi connectivity index (χ3n) is 7.12. The van der Waals surface area contributed by atoms with Crippen LogP contribution in [-0.4, -0.2) is 4.92 Å². The van der Waals surface area contributed by atoms with E-state index in [-0.39, 0.29) is 10.6 Å². The van der Waals surface area contributed by atoms with Gasteiger partial charge in [0.2, 0.25) is 0 Å². The number of nitro benzene ring substituents is 1. The van der Waals surface area contributed by atoms with Crippen molar-refractivity contribution in [2.75, 3.05) is 0 Å². The summed E-state index contributed by atoms with van der Waals surface area (Å²) in [5, 5.41) is 22.7. The standard InChI is InChI=1S/C31H19NO2/c1-18-10-12-19(13-11-18)20-14-26-22-6-2-4-8-24(22)28-16-21(32(33)34)17-29-25-9-5-3-7-23(25)27(15-20)30(26)31(28)29/h2-17H,1H3. The fourth-order valence-electron chi connectivity index (χ4n) is 5.58. The first-order valence-electron chi connectivity index (χ1n) is 11.4. The molecule has 0 aliphatic carbocycles. The molecule has 0 radical (unpaired) electrons. The largest absolute Gasteiger partial charge is 0.270 e. The summed E-state index contributed by atoms with van der Waals surface area (Å²) in [6, 6.07) is 33.2. The summed E-state index contributed by atoms with van der Waals surface area (Å²) in [5.74, 6) is 0. The van der Waals surface area contributed by atoms with Gasteiger partial charge in [0, 0.05) is 12.1 Å². The molecule has 0 aromatic heterocycles. The van der Waals surface area contributed by atoms with Crippen molar-refractivity contribution >= 4 is 59.5 Å². The van der Waals surface area contributed by atoms with Crippen LogP contribution in [0.4, 0.5) is 5.69 Å². The number of nitro groups is 1. The van der Waals surface area contributed by atoms with Crippen molar-refractivity contribution in [3.05, 3.63) is 113 Å². The average Bonchev–Trinajstić information content (AvgIpc) is 2.88. The van der Waals surface area contributed by atoms with E-state index in [9.17, 15) is 10.1 Å². The summed E-state index contributed by atoms with van der Waals surface area (Å²) < 4.78 is 0. The molecule has 0 saturated carbocycles. The van der Waals surface area contributed by atoms with Crippen molar-refractivity contribution in [3.63, 3.8) is 0 Å². The molecule has 7 rings (SSSR count). The Morgan fingerprint density at radius 1 is 0.529 bits per heavy atom. The number of non-ortho nitro benzene ring substituents is 1. The second-order valence-electron chi connectivity index (χ2n) is 9.08. The molecular formula is C31H19NO2. The maximum absolute atomic E-state index is 11.9. The van der Waals surface area contributed by atoms with E-state index in [1.165, 1.54) is 32.8 Å². The summed E-state index contributed by atoms with van der Waals surface area (Å²) >= 11 is 0. The monoisotopic (exact) mass is 437 g/mol. The molecule has 0 atom stereocenters. The molecule has 7 aromatic rings. The fraction of sp³-hybridized carbons (Fsp3) is 0.0323. The third kappa shape index (κ3) is 2.52. The summed E-state index contributed by atoms with van der Waals surface area (Å²) in [6.45, 7) is 2.10. The highest BCUT2D eigenvalue weighted by molar-refractivity contribution is 6.40. The molecule has 0 fully saturated rings. The number of fused-ring (bicyclic) bond motifs is 6. The van der Waals surface area contributed by atoms with Crippen molar-refractivity contribution in [2.24, 2.45) is 0 Å². The summed E-state index contributed by atoms with van der Waals surface area (Å²) in [4.78, 5) is 11.6. The quantitative estimate of drug-likeness (QED) is 0.117. The number of nitrogens with zero attached hydrogens (tertiary/aromatic N) is 1. The Kier molecular flexibility index (Phi) is 3.78. The van der Waals surface area contributed by atoms with Crippen LogP contribution in [0.15, 0.2) is 97.1 Å². The van der Waals surface area contributed by atoms with E-state index < -0.39 is 0 Å². The van der Waals surface area contributed by atoms with Crippen LogP contribution in [0.25, 0.3) is 65.0 Å². The second-order valence-corrected chi connectivity index (χ2v) is 9.08. The van der Waals surface area contributed by atoms with E-state index in [1.54, 1.807) is 12.1 Å². The normalized spacial score (nSPS) is 11.9. The number of benzene rings is 7.